The van der Waals surface area contributed by atoms with Crippen molar-refractivity contribution in [2.75, 3.05) is 27.2 Å². The first kappa shape index (κ1) is 15.4. The zero-order chi connectivity index (χ0) is 13.6. The molecule has 18 heavy (non-hydrogen) atoms. The highest BCUT2D eigenvalue weighted by Crippen LogP contribution is 2.33. The molecule has 2 atom stereocenters. The lowest BCUT2D eigenvalue weighted by Gasteiger charge is -2.29. The predicted octanol–water partition coefficient (Wildman–Crippen LogP) is 1.79. The molecule has 4 nitrogen and oxygen atoms in total. The highest BCUT2D eigenvalue weighted by molar-refractivity contribution is 5.81. The van der Waals surface area contributed by atoms with E-state index in [1.165, 1.54) is 20.0 Å². The summed E-state index contributed by atoms with van der Waals surface area (Å²) in [6.45, 7) is 6.17. The van der Waals surface area contributed by atoms with E-state index in [9.17, 15) is 4.79 Å². The Bertz CT molecular complexity index is 271. The van der Waals surface area contributed by atoms with Crippen LogP contribution in [0.25, 0.3) is 0 Å². The fourth-order valence-corrected chi connectivity index (χ4v) is 2.94. The minimum atomic E-state index is -0.450. The number of hydrogen-bond acceptors (Lipinski definition) is 4. The average molecular weight is 256 g/mol. The molecule has 1 fully saturated rings. The number of esters is 1. The lowest BCUT2D eigenvalue weighted by Crippen LogP contribution is -2.51. The van der Waals surface area contributed by atoms with Crippen molar-refractivity contribution < 1.29 is 9.53 Å². The topological polar surface area (TPSA) is 41.6 Å². The number of likely N-dealkylation sites (N-methyl/N-ethyl adjacent to an activating group) is 1. The van der Waals surface area contributed by atoms with Gasteiger partial charge in [0.15, 0.2) is 0 Å². The summed E-state index contributed by atoms with van der Waals surface area (Å²) >= 11 is 0. The van der Waals surface area contributed by atoms with Crippen molar-refractivity contribution in [3.8, 4) is 0 Å². The third-order valence-electron chi connectivity index (χ3n) is 4.07. The molecule has 0 radical (unpaired) electrons. The minimum absolute atomic E-state index is 0.101. The molecule has 0 spiro atoms. The number of carbonyl (C=O) groups is 1. The van der Waals surface area contributed by atoms with Gasteiger partial charge < -0.3 is 15.0 Å². The van der Waals surface area contributed by atoms with Crippen LogP contribution < -0.4 is 5.32 Å². The van der Waals surface area contributed by atoms with Crippen molar-refractivity contribution in [2.24, 2.45) is 0 Å². The number of ether oxygens (including phenoxy) is 1. The molecule has 106 valence electrons. The van der Waals surface area contributed by atoms with Crippen molar-refractivity contribution in [3.63, 3.8) is 0 Å². The average Bonchev–Trinajstić information content (AvgIpc) is 2.81. The number of nitrogens with zero attached hydrogens (tertiary/aromatic N) is 1. The van der Waals surface area contributed by atoms with Gasteiger partial charge in [-0.15, -0.1) is 0 Å². The van der Waals surface area contributed by atoms with Gasteiger partial charge in [0.1, 0.15) is 5.54 Å². The molecule has 0 aromatic rings. The van der Waals surface area contributed by atoms with Crippen LogP contribution in [-0.4, -0.2) is 49.7 Å². The molecule has 1 aliphatic carbocycles. The molecule has 2 unspecified atom stereocenters. The maximum atomic E-state index is 12.0. The van der Waals surface area contributed by atoms with E-state index in [1.807, 2.05) is 6.92 Å². The number of nitrogens with one attached hydrogen (secondary N) is 1. The van der Waals surface area contributed by atoms with Crippen LogP contribution >= 0.6 is 0 Å². The maximum Gasteiger partial charge on any atom is 0.326 e. The molecule has 0 aliphatic heterocycles. The summed E-state index contributed by atoms with van der Waals surface area (Å²) < 4.78 is 4.98. The fraction of sp³-hybridized carbons (Fsp3) is 0.929. The van der Waals surface area contributed by atoms with Gasteiger partial charge in [0.25, 0.3) is 0 Å². The first-order valence-electron chi connectivity index (χ1n) is 7.13. The second-order valence-corrected chi connectivity index (χ2v) is 5.33. The van der Waals surface area contributed by atoms with E-state index >= 15 is 0 Å². The molecular weight excluding hydrogens is 228 g/mol. The first-order valence-corrected chi connectivity index (χ1v) is 7.13. The zero-order valence-corrected chi connectivity index (χ0v) is 12.3. The van der Waals surface area contributed by atoms with E-state index in [4.69, 9.17) is 4.74 Å². The monoisotopic (exact) mass is 256 g/mol. The maximum absolute atomic E-state index is 12.0. The van der Waals surface area contributed by atoms with Gasteiger partial charge in [-0.3, -0.25) is 4.79 Å². The largest absolute Gasteiger partial charge is 0.468 e. The van der Waals surface area contributed by atoms with Crippen LogP contribution in [0.3, 0.4) is 0 Å². The number of methoxy groups -OCH3 is 1. The third kappa shape index (κ3) is 3.45. The van der Waals surface area contributed by atoms with Crippen molar-refractivity contribution in [3.05, 3.63) is 0 Å². The van der Waals surface area contributed by atoms with E-state index in [0.29, 0.717) is 6.04 Å². The van der Waals surface area contributed by atoms with E-state index < -0.39 is 5.54 Å². The Hall–Kier alpha value is -0.610. The Labute approximate surface area is 111 Å². The SMILES string of the molecule is CCCCN(C)C1CCC(NCC)(C(=O)OC)C1. The summed E-state index contributed by atoms with van der Waals surface area (Å²) in [5.74, 6) is -0.101. The molecule has 0 saturated heterocycles. The predicted molar refractivity (Wildman–Crippen MR) is 73.6 cm³/mol. The van der Waals surface area contributed by atoms with Crippen LogP contribution in [0.15, 0.2) is 0 Å². The number of unbranched alkanes of at least 4 members (excludes halogenated alkanes) is 1. The summed E-state index contributed by atoms with van der Waals surface area (Å²) in [4.78, 5) is 14.4. The summed E-state index contributed by atoms with van der Waals surface area (Å²) in [5, 5.41) is 3.35. The van der Waals surface area contributed by atoms with E-state index in [-0.39, 0.29) is 5.97 Å². The summed E-state index contributed by atoms with van der Waals surface area (Å²) in [5.41, 5.74) is -0.450. The lowest BCUT2D eigenvalue weighted by atomic mass is 9.97. The highest BCUT2D eigenvalue weighted by Gasteiger charge is 2.46. The molecule has 1 saturated carbocycles. The smallest absolute Gasteiger partial charge is 0.326 e. The molecule has 1 rings (SSSR count). The molecule has 0 amide bonds. The summed E-state index contributed by atoms with van der Waals surface area (Å²) in [6, 6.07) is 0.495. The van der Waals surface area contributed by atoms with Crippen LogP contribution in [0.1, 0.15) is 46.0 Å². The highest BCUT2D eigenvalue weighted by atomic mass is 16.5. The lowest BCUT2D eigenvalue weighted by molar-refractivity contribution is -0.148. The van der Waals surface area contributed by atoms with Crippen molar-refractivity contribution in [2.45, 2.75) is 57.5 Å². The van der Waals surface area contributed by atoms with Gasteiger partial charge in [-0.2, -0.15) is 0 Å². The number of carbonyl (C=O) groups excluding carboxylic acids is 1. The van der Waals surface area contributed by atoms with E-state index in [2.05, 4.69) is 24.2 Å². The quantitative estimate of drug-likeness (QED) is 0.705. The molecule has 0 heterocycles. The van der Waals surface area contributed by atoms with Gasteiger partial charge >= 0.3 is 5.97 Å². The number of rotatable bonds is 7. The van der Waals surface area contributed by atoms with Gasteiger partial charge in [-0.1, -0.05) is 20.3 Å². The van der Waals surface area contributed by atoms with Crippen LogP contribution in [0, 0.1) is 0 Å². The normalized spacial score (nSPS) is 27.7. The van der Waals surface area contributed by atoms with Crippen molar-refractivity contribution >= 4 is 5.97 Å². The molecule has 4 heteroatoms. The molecule has 0 bridgehead atoms. The second-order valence-electron chi connectivity index (χ2n) is 5.33. The van der Waals surface area contributed by atoms with Crippen LogP contribution in [-0.2, 0) is 9.53 Å². The first-order chi connectivity index (χ1) is 8.59. The third-order valence-corrected chi connectivity index (χ3v) is 4.07. The van der Waals surface area contributed by atoms with Gasteiger partial charge in [-0.05, 0) is 45.8 Å². The Morgan fingerprint density at radius 2 is 2.22 bits per heavy atom. The second kappa shape index (κ2) is 7.10. The summed E-state index contributed by atoms with van der Waals surface area (Å²) in [7, 11) is 3.65. The van der Waals surface area contributed by atoms with Gasteiger partial charge in [0.05, 0.1) is 7.11 Å². The van der Waals surface area contributed by atoms with Crippen LogP contribution in [0.5, 0.6) is 0 Å². The van der Waals surface area contributed by atoms with E-state index in [1.54, 1.807) is 0 Å². The molecule has 1 aliphatic rings. The summed E-state index contributed by atoms with van der Waals surface area (Å²) in [6.07, 6.45) is 5.26. The van der Waals surface area contributed by atoms with Crippen LogP contribution in [0.2, 0.25) is 0 Å². The Morgan fingerprint density at radius 1 is 1.50 bits per heavy atom. The van der Waals surface area contributed by atoms with Crippen molar-refractivity contribution in [1.29, 1.82) is 0 Å². The Kier molecular flexibility index (Phi) is 6.09. The standard InChI is InChI=1S/C14H28N2O2/c1-5-7-10-16(3)12-8-9-14(11-12,15-6-2)13(17)18-4/h12,15H,5-11H2,1-4H3. The fourth-order valence-electron chi connectivity index (χ4n) is 2.94. The minimum Gasteiger partial charge on any atom is -0.468 e. The molecule has 0 aromatic heterocycles. The van der Waals surface area contributed by atoms with Gasteiger partial charge in [0, 0.05) is 6.04 Å². The number of hydrogen-bond donors (Lipinski definition) is 1. The molecule has 0 aromatic carbocycles. The zero-order valence-electron chi connectivity index (χ0n) is 12.3. The molecule has 1 N–H and O–H groups in total. The van der Waals surface area contributed by atoms with E-state index in [0.717, 1.165) is 32.4 Å². The Morgan fingerprint density at radius 3 is 2.78 bits per heavy atom. The molecular formula is C14H28N2O2. The van der Waals surface area contributed by atoms with Crippen molar-refractivity contribution in [1.82, 2.24) is 10.2 Å². The van der Waals surface area contributed by atoms with Gasteiger partial charge in [0.2, 0.25) is 0 Å². The van der Waals surface area contributed by atoms with Gasteiger partial charge in [-0.25, -0.2) is 0 Å². The Balaban J connectivity index is 2.62. The van der Waals surface area contributed by atoms with Crippen LogP contribution in [0.4, 0.5) is 0 Å².